The van der Waals surface area contributed by atoms with Crippen LogP contribution in [0.4, 0.5) is 4.39 Å². The third-order valence-corrected chi connectivity index (χ3v) is 4.26. The van der Waals surface area contributed by atoms with Gasteiger partial charge in [0.15, 0.2) is 5.96 Å². The van der Waals surface area contributed by atoms with Gasteiger partial charge in [0, 0.05) is 53.3 Å². The zero-order valence-corrected chi connectivity index (χ0v) is 16.6. The van der Waals surface area contributed by atoms with Crippen molar-refractivity contribution in [1.82, 2.24) is 10.6 Å². The summed E-state index contributed by atoms with van der Waals surface area (Å²) in [5, 5.41) is 6.60. The Balaban J connectivity index is 0.00000288. The number of benzene rings is 1. The fourth-order valence-corrected chi connectivity index (χ4v) is 2.64. The molecule has 0 spiro atoms. The fraction of sp³-hybridized carbons (Fsp3) is 0.588. The second-order valence-electron chi connectivity index (χ2n) is 5.73. The van der Waals surface area contributed by atoms with Crippen LogP contribution in [-0.2, 0) is 15.9 Å². The Kier molecular flexibility index (Phi) is 9.53. The molecule has 0 aliphatic carbocycles. The molecule has 5 nitrogen and oxygen atoms in total. The monoisotopic (exact) mass is 451 g/mol. The maximum Gasteiger partial charge on any atom is 0.191 e. The molecule has 0 radical (unpaired) electrons. The van der Waals surface area contributed by atoms with Gasteiger partial charge in [-0.2, -0.15) is 0 Å². The molecule has 136 valence electrons. The minimum atomic E-state index is -0.208. The van der Waals surface area contributed by atoms with Crippen LogP contribution < -0.4 is 10.6 Å². The largest absolute Gasteiger partial charge is 0.381 e. The molecule has 0 amide bonds. The average molecular weight is 451 g/mol. The van der Waals surface area contributed by atoms with E-state index >= 15 is 0 Å². The quantitative estimate of drug-likeness (QED) is 0.396. The summed E-state index contributed by atoms with van der Waals surface area (Å²) in [5.41, 5.74) is 0.902. The van der Waals surface area contributed by atoms with Crippen LogP contribution in [0.2, 0.25) is 0 Å². The van der Waals surface area contributed by atoms with Crippen LogP contribution >= 0.6 is 24.0 Å². The summed E-state index contributed by atoms with van der Waals surface area (Å²) < 4.78 is 24.0. The summed E-state index contributed by atoms with van der Waals surface area (Å²) in [5.74, 6) is 0.538. The fourth-order valence-electron chi connectivity index (χ4n) is 2.64. The number of rotatable bonds is 6. The van der Waals surface area contributed by atoms with E-state index in [-0.39, 0.29) is 35.4 Å². The van der Waals surface area contributed by atoms with Crippen molar-refractivity contribution in [3.63, 3.8) is 0 Å². The minimum absolute atomic E-state index is 0. The van der Waals surface area contributed by atoms with Crippen LogP contribution in [0.5, 0.6) is 0 Å². The van der Waals surface area contributed by atoms with E-state index in [0.717, 1.165) is 50.5 Å². The first kappa shape index (κ1) is 21.1. The molecule has 0 unspecified atom stereocenters. The number of guanidine groups is 1. The van der Waals surface area contributed by atoms with Crippen LogP contribution in [0, 0.1) is 5.82 Å². The Labute approximate surface area is 160 Å². The predicted molar refractivity (Wildman–Crippen MR) is 105 cm³/mol. The highest BCUT2D eigenvalue weighted by Crippen LogP contribution is 2.23. The third kappa shape index (κ3) is 6.52. The first-order valence-electron chi connectivity index (χ1n) is 7.99. The van der Waals surface area contributed by atoms with Gasteiger partial charge in [-0.05, 0) is 24.1 Å². The van der Waals surface area contributed by atoms with Gasteiger partial charge in [-0.3, -0.25) is 4.99 Å². The van der Waals surface area contributed by atoms with Gasteiger partial charge in [-0.25, -0.2) is 4.39 Å². The van der Waals surface area contributed by atoms with Crippen molar-refractivity contribution < 1.29 is 13.9 Å². The van der Waals surface area contributed by atoms with Crippen LogP contribution in [0.25, 0.3) is 0 Å². The molecule has 1 aliphatic heterocycles. The number of nitrogens with one attached hydrogen (secondary N) is 2. The SMILES string of the molecule is CN=C(NCCc1ccc(F)cc1)NCC1(OC)CCOCC1.I. The Morgan fingerprint density at radius 1 is 1.25 bits per heavy atom. The van der Waals surface area contributed by atoms with E-state index in [4.69, 9.17) is 9.47 Å². The number of hydrogen-bond acceptors (Lipinski definition) is 3. The molecular formula is C17H27FIN3O2. The highest BCUT2D eigenvalue weighted by atomic mass is 127. The molecule has 0 aromatic heterocycles. The lowest BCUT2D eigenvalue weighted by molar-refractivity contribution is -0.0855. The third-order valence-electron chi connectivity index (χ3n) is 4.26. The van der Waals surface area contributed by atoms with Crippen LogP contribution in [-0.4, -0.2) is 52.0 Å². The molecule has 1 aliphatic rings. The summed E-state index contributed by atoms with van der Waals surface area (Å²) >= 11 is 0. The second kappa shape index (κ2) is 10.8. The van der Waals surface area contributed by atoms with Crippen LogP contribution in [0.1, 0.15) is 18.4 Å². The number of nitrogens with zero attached hydrogens (tertiary/aromatic N) is 1. The van der Waals surface area contributed by atoms with Crippen LogP contribution in [0.3, 0.4) is 0 Å². The molecule has 1 saturated heterocycles. The van der Waals surface area contributed by atoms with Crippen molar-refractivity contribution in [3.8, 4) is 0 Å². The van der Waals surface area contributed by atoms with Crippen molar-refractivity contribution in [3.05, 3.63) is 35.6 Å². The lowest BCUT2D eigenvalue weighted by Crippen LogP contribution is -2.51. The highest BCUT2D eigenvalue weighted by Gasteiger charge is 2.32. The van der Waals surface area contributed by atoms with Gasteiger partial charge in [0.1, 0.15) is 5.82 Å². The summed E-state index contributed by atoms with van der Waals surface area (Å²) in [4.78, 5) is 4.23. The molecule has 1 aromatic carbocycles. The van der Waals surface area contributed by atoms with E-state index < -0.39 is 0 Å². The molecule has 2 rings (SSSR count). The first-order valence-corrected chi connectivity index (χ1v) is 7.99. The molecule has 24 heavy (non-hydrogen) atoms. The topological polar surface area (TPSA) is 54.9 Å². The molecule has 7 heteroatoms. The van der Waals surface area contributed by atoms with Gasteiger partial charge >= 0.3 is 0 Å². The summed E-state index contributed by atoms with van der Waals surface area (Å²) in [7, 11) is 3.49. The van der Waals surface area contributed by atoms with E-state index in [2.05, 4.69) is 15.6 Å². The van der Waals surface area contributed by atoms with Crippen molar-refractivity contribution in [2.75, 3.05) is 40.5 Å². The molecule has 0 atom stereocenters. The number of aliphatic imine (C=N–C) groups is 1. The molecule has 1 heterocycles. The van der Waals surface area contributed by atoms with Gasteiger partial charge in [-0.15, -0.1) is 24.0 Å². The smallest absolute Gasteiger partial charge is 0.191 e. The summed E-state index contributed by atoms with van der Waals surface area (Å²) in [6, 6.07) is 6.57. The van der Waals surface area contributed by atoms with Crippen molar-refractivity contribution >= 4 is 29.9 Å². The highest BCUT2D eigenvalue weighted by molar-refractivity contribution is 14.0. The number of halogens is 2. The van der Waals surface area contributed by atoms with E-state index in [1.54, 1.807) is 26.3 Å². The zero-order valence-electron chi connectivity index (χ0n) is 14.3. The van der Waals surface area contributed by atoms with Gasteiger partial charge in [0.25, 0.3) is 0 Å². The Morgan fingerprint density at radius 2 is 1.92 bits per heavy atom. The van der Waals surface area contributed by atoms with Crippen molar-refractivity contribution in [2.24, 2.45) is 4.99 Å². The maximum atomic E-state index is 12.9. The molecule has 2 N–H and O–H groups in total. The molecule has 1 fully saturated rings. The Morgan fingerprint density at radius 3 is 2.50 bits per heavy atom. The van der Waals surface area contributed by atoms with Gasteiger partial charge < -0.3 is 20.1 Å². The predicted octanol–water partition coefficient (Wildman–Crippen LogP) is 2.35. The standard InChI is InChI=1S/C17H26FN3O2.HI/c1-19-16(20-10-7-14-3-5-15(18)6-4-14)21-13-17(22-2)8-11-23-12-9-17;/h3-6H,7-13H2,1-2H3,(H2,19,20,21);1H. The van der Waals surface area contributed by atoms with Gasteiger partial charge in [0.05, 0.1) is 5.60 Å². The van der Waals surface area contributed by atoms with E-state index in [1.807, 2.05) is 0 Å². The Bertz CT molecular complexity index is 505. The lowest BCUT2D eigenvalue weighted by atomic mass is 9.94. The molecule has 0 saturated carbocycles. The Hall–Kier alpha value is -0.930. The number of hydrogen-bond donors (Lipinski definition) is 2. The number of ether oxygens (including phenoxy) is 2. The summed E-state index contributed by atoms with van der Waals surface area (Å²) in [6.45, 7) is 2.88. The number of methoxy groups -OCH3 is 1. The molecule has 0 bridgehead atoms. The van der Waals surface area contributed by atoms with E-state index in [9.17, 15) is 4.39 Å². The zero-order chi connectivity index (χ0) is 16.5. The van der Waals surface area contributed by atoms with Crippen molar-refractivity contribution in [2.45, 2.75) is 24.9 Å². The van der Waals surface area contributed by atoms with Gasteiger partial charge in [0.2, 0.25) is 0 Å². The van der Waals surface area contributed by atoms with E-state index in [0.29, 0.717) is 6.54 Å². The van der Waals surface area contributed by atoms with E-state index in [1.165, 1.54) is 12.1 Å². The summed E-state index contributed by atoms with van der Waals surface area (Å²) in [6.07, 6.45) is 2.57. The molecular weight excluding hydrogens is 424 g/mol. The minimum Gasteiger partial charge on any atom is -0.381 e. The second-order valence-corrected chi connectivity index (χ2v) is 5.73. The lowest BCUT2D eigenvalue weighted by Gasteiger charge is -2.36. The maximum absolute atomic E-state index is 12.9. The van der Waals surface area contributed by atoms with Gasteiger partial charge in [-0.1, -0.05) is 12.1 Å². The van der Waals surface area contributed by atoms with Crippen LogP contribution in [0.15, 0.2) is 29.3 Å². The van der Waals surface area contributed by atoms with Crippen molar-refractivity contribution in [1.29, 1.82) is 0 Å². The molecule has 1 aromatic rings. The average Bonchev–Trinajstić information content (AvgIpc) is 2.60. The normalized spacial score (nSPS) is 17.0. The first-order chi connectivity index (χ1) is 11.2.